The molecule has 8 heteroatoms. The molecule has 116 valence electrons. The second-order valence-electron chi connectivity index (χ2n) is 5.79. The van der Waals surface area contributed by atoms with Crippen LogP contribution in [0.15, 0.2) is 12.3 Å². The first-order chi connectivity index (χ1) is 9.95. The van der Waals surface area contributed by atoms with Crippen LogP contribution in [0.3, 0.4) is 0 Å². The number of hydrogen-bond acceptors (Lipinski definition) is 4. The van der Waals surface area contributed by atoms with Crippen molar-refractivity contribution >= 4 is 15.9 Å². The van der Waals surface area contributed by atoms with Crippen LogP contribution in [0, 0.1) is 5.92 Å². The van der Waals surface area contributed by atoms with Crippen LogP contribution in [0.2, 0.25) is 0 Å². The van der Waals surface area contributed by atoms with Gasteiger partial charge in [-0.2, -0.15) is 9.40 Å². The van der Waals surface area contributed by atoms with E-state index in [4.69, 9.17) is 0 Å². The molecule has 21 heavy (non-hydrogen) atoms. The van der Waals surface area contributed by atoms with Crippen LogP contribution in [0.5, 0.6) is 0 Å². The van der Waals surface area contributed by atoms with E-state index in [2.05, 4.69) is 5.10 Å². The van der Waals surface area contributed by atoms with Crippen molar-refractivity contribution < 1.29 is 13.2 Å². The zero-order valence-electron chi connectivity index (χ0n) is 12.1. The van der Waals surface area contributed by atoms with E-state index in [0.29, 0.717) is 6.54 Å². The van der Waals surface area contributed by atoms with Crippen LogP contribution in [-0.2, 0) is 27.9 Å². The van der Waals surface area contributed by atoms with Crippen LogP contribution >= 0.6 is 0 Å². The number of nitrogens with zero attached hydrogens (tertiary/aromatic N) is 4. The van der Waals surface area contributed by atoms with Gasteiger partial charge in [-0.25, -0.2) is 8.42 Å². The molecule has 0 saturated carbocycles. The van der Waals surface area contributed by atoms with Crippen LogP contribution in [0.1, 0.15) is 18.5 Å². The van der Waals surface area contributed by atoms with Gasteiger partial charge < -0.3 is 4.90 Å². The van der Waals surface area contributed by atoms with E-state index in [-0.39, 0.29) is 24.9 Å². The van der Waals surface area contributed by atoms with Crippen molar-refractivity contribution in [1.29, 1.82) is 0 Å². The van der Waals surface area contributed by atoms with Crippen molar-refractivity contribution in [3.63, 3.8) is 0 Å². The van der Waals surface area contributed by atoms with Gasteiger partial charge >= 0.3 is 0 Å². The van der Waals surface area contributed by atoms with Crippen LogP contribution < -0.4 is 0 Å². The van der Waals surface area contributed by atoms with Crippen molar-refractivity contribution in [2.45, 2.75) is 25.9 Å². The Labute approximate surface area is 124 Å². The number of fused-ring (bicyclic) bond motifs is 1. The topological polar surface area (TPSA) is 75.5 Å². The molecular weight excluding hydrogens is 292 g/mol. The lowest BCUT2D eigenvalue weighted by Crippen LogP contribution is -2.42. The van der Waals surface area contributed by atoms with Crippen molar-refractivity contribution in [2.75, 3.05) is 25.9 Å². The van der Waals surface area contributed by atoms with Gasteiger partial charge in [0, 0.05) is 25.8 Å². The molecule has 1 fully saturated rings. The van der Waals surface area contributed by atoms with Gasteiger partial charge in [-0.1, -0.05) is 0 Å². The number of rotatable bonds is 2. The maximum atomic E-state index is 12.6. The molecule has 7 nitrogen and oxygen atoms in total. The van der Waals surface area contributed by atoms with Crippen molar-refractivity contribution in [3.05, 3.63) is 18.0 Å². The zero-order chi connectivity index (χ0) is 15.0. The Kier molecular flexibility index (Phi) is 3.75. The van der Waals surface area contributed by atoms with Crippen molar-refractivity contribution in [1.82, 2.24) is 19.0 Å². The Morgan fingerprint density at radius 1 is 1.29 bits per heavy atom. The molecule has 3 rings (SSSR count). The molecule has 1 saturated heterocycles. The lowest BCUT2D eigenvalue weighted by atomic mass is 10.1. The normalized spacial score (nSPS) is 23.9. The highest BCUT2D eigenvalue weighted by atomic mass is 32.2. The maximum absolute atomic E-state index is 12.6. The fraction of sp³-hybridized carbons (Fsp3) is 0.692. The second-order valence-corrected chi connectivity index (χ2v) is 7.77. The molecule has 2 aliphatic rings. The lowest BCUT2D eigenvalue weighted by molar-refractivity contribution is -0.135. The van der Waals surface area contributed by atoms with Gasteiger partial charge in [-0.15, -0.1) is 0 Å². The lowest BCUT2D eigenvalue weighted by Gasteiger charge is -2.25. The molecule has 0 aromatic carbocycles. The zero-order valence-corrected chi connectivity index (χ0v) is 12.9. The molecule has 1 unspecified atom stereocenters. The summed E-state index contributed by atoms with van der Waals surface area (Å²) < 4.78 is 27.0. The molecule has 0 N–H and O–H groups in total. The van der Waals surface area contributed by atoms with Gasteiger partial charge in [-0.05, 0) is 18.9 Å². The fourth-order valence-electron chi connectivity index (χ4n) is 3.02. The van der Waals surface area contributed by atoms with Crippen LogP contribution in [0.4, 0.5) is 0 Å². The summed E-state index contributed by atoms with van der Waals surface area (Å²) in [5.74, 6) is -0.316. The molecule has 0 aliphatic carbocycles. The summed E-state index contributed by atoms with van der Waals surface area (Å²) in [5, 5.41) is 4.22. The summed E-state index contributed by atoms with van der Waals surface area (Å²) in [6.45, 7) is 2.52. The number of aromatic nitrogens is 2. The molecule has 3 heterocycles. The highest BCUT2D eigenvalue weighted by Crippen LogP contribution is 2.21. The second kappa shape index (κ2) is 5.42. The molecule has 2 aliphatic heterocycles. The SMILES string of the molecule is CS(=O)(=O)N1Cc2ccnn2CC(C(=O)N2CCCC2)C1. The minimum absolute atomic E-state index is 0.0458. The first kappa shape index (κ1) is 14.5. The molecule has 1 aromatic rings. The Balaban J connectivity index is 1.88. The van der Waals surface area contributed by atoms with Crippen LogP contribution in [-0.4, -0.2) is 59.2 Å². The molecule has 0 radical (unpaired) electrons. The number of carbonyl (C=O) groups is 1. The van der Waals surface area contributed by atoms with Gasteiger partial charge in [-0.3, -0.25) is 9.48 Å². The monoisotopic (exact) mass is 312 g/mol. The van der Waals surface area contributed by atoms with Crippen LogP contribution in [0.25, 0.3) is 0 Å². The Morgan fingerprint density at radius 2 is 2.00 bits per heavy atom. The molecular formula is C13H20N4O3S. The Bertz CT molecular complexity index is 634. The third kappa shape index (κ3) is 2.96. The van der Waals surface area contributed by atoms with Gasteiger partial charge in [0.2, 0.25) is 15.9 Å². The third-order valence-corrected chi connectivity index (χ3v) is 5.41. The summed E-state index contributed by atoms with van der Waals surface area (Å²) in [6.07, 6.45) is 4.90. The molecule has 1 aromatic heterocycles. The van der Waals surface area contributed by atoms with E-state index in [0.717, 1.165) is 31.6 Å². The number of amides is 1. The quantitative estimate of drug-likeness (QED) is 0.764. The fourth-order valence-corrected chi connectivity index (χ4v) is 3.84. The summed E-state index contributed by atoms with van der Waals surface area (Å²) in [6, 6.07) is 1.81. The van der Waals surface area contributed by atoms with Gasteiger partial charge in [0.25, 0.3) is 0 Å². The first-order valence-electron chi connectivity index (χ1n) is 7.20. The van der Waals surface area contributed by atoms with E-state index in [1.54, 1.807) is 16.9 Å². The number of sulfonamides is 1. The minimum Gasteiger partial charge on any atom is -0.342 e. The summed E-state index contributed by atoms with van der Waals surface area (Å²) in [4.78, 5) is 14.5. The summed E-state index contributed by atoms with van der Waals surface area (Å²) in [7, 11) is -3.34. The van der Waals surface area contributed by atoms with E-state index < -0.39 is 10.0 Å². The molecule has 1 atom stereocenters. The number of likely N-dealkylation sites (tertiary alicyclic amines) is 1. The molecule has 1 amide bonds. The van der Waals surface area contributed by atoms with Gasteiger partial charge in [0.1, 0.15) is 0 Å². The van der Waals surface area contributed by atoms with Crippen molar-refractivity contribution in [2.24, 2.45) is 5.92 Å². The summed E-state index contributed by atoms with van der Waals surface area (Å²) >= 11 is 0. The van der Waals surface area contributed by atoms with Crippen molar-refractivity contribution in [3.8, 4) is 0 Å². The van der Waals surface area contributed by atoms with E-state index in [1.165, 1.54) is 10.6 Å². The molecule has 0 spiro atoms. The van der Waals surface area contributed by atoms with Gasteiger partial charge in [0.15, 0.2) is 0 Å². The highest BCUT2D eigenvalue weighted by Gasteiger charge is 2.34. The van der Waals surface area contributed by atoms with E-state index >= 15 is 0 Å². The highest BCUT2D eigenvalue weighted by molar-refractivity contribution is 7.88. The van der Waals surface area contributed by atoms with Gasteiger partial charge in [0.05, 0.1) is 31.0 Å². The number of hydrogen-bond donors (Lipinski definition) is 0. The Hall–Kier alpha value is -1.41. The molecule has 0 bridgehead atoms. The average Bonchev–Trinajstić information content (AvgIpc) is 3.04. The minimum atomic E-state index is -3.34. The predicted molar refractivity (Wildman–Crippen MR) is 76.8 cm³/mol. The largest absolute Gasteiger partial charge is 0.342 e. The first-order valence-corrected chi connectivity index (χ1v) is 9.04. The van der Waals surface area contributed by atoms with E-state index in [1.807, 2.05) is 4.90 Å². The number of carbonyl (C=O) groups excluding carboxylic acids is 1. The van der Waals surface area contributed by atoms with E-state index in [9.17, 15) is 13.2 Å². The standard InChI is InChI=1S/C13H20N4O3S/c1-21(19,20)16-8-11(13(18)15-6-2-3-7-15)9-17-12(10-16)4-5-14-17/h4-5,11H,2-3,6-10H2,1H3. The Morgan fingerprint density at radius 3 is 2.67 bits per heavy atom. The smallest absolute Gasteiger partial charge is 0.228 e. The third-order valence-electron chi connectivity index (χ3n) is 4.20. The maximum Gasteiger partial charge on any atom is 0.228 e. The summed E-state index contributed by atoms with van der Waals surface area (Å²) in [5.41, 5.74) is 0.831. The average molecular weight is 312 g/mol. The predicted octanol–water partition coefficient (Wildman–Crippen LogP) is -0.103.